The van der Waals surface area contributed by atoms with Crippen molar-refractivity contribution in [2.24, 2.45) is 0 Å². The van der Waals surface area contributed by atoms with Gasteiger partial charge in [-0.15, -0.1) is 0 Å². The Labute approximate surface area is 237 Å². The van der Waals surface area contributed by atoms with Crippen LogP contribution < -0.4 is 15.0 Å². The van der Waals surface area contributed by atoms with Crippen molar-refractivity contribution in [3.05, 3.63) is 137 Å². The number of nitriles is 1. The maximum absolute atomic E-state index is 13.5. The molecule has 4 aromatic rings. The van der Waals surface area contributed by atoms with Crippen molar-refractivity contribution in [3.8, 4) is 11.8 Å². The van der Waals surface area contributed by atoms with Crippen LogP contribution in [0.3, 0.4) is 0 Å². The number of nitrogens with one attached hydrogen (secondary N) is 1. The summed E-state index contributed by atoms with van der Waals surface area (Å²) in [6.07, 6.45) is 0.158. The first-order valence-electron chi connectivity index (χ1n) is 12.9. The molecule has 6 nitrogen and oxygen atoms in total. The lowest BCUT2D eigenvalue weighted by Crippen LogP contribution is -2.32. The summed E-state index contributed by atoms with van der Waals surface area (Å²) in [5.74, 6) is -0.00466. The maximum Gasteiger partial charge on any atom is 0.241 e. The Balaban J connectivity index is 1.32. The number of nitrogens with zero attached hydrogens (tertiary/aromatic N) is 2. The molecule has 0 aliphatic carbocycles. The summed E-state index contributed by atoms with van der Waals surface area (Å²) < 4.78 is 5.89. The Bertz CT molecular complexity index is 1490. The number of carbonyl (C=O) groups excluding carboxylic acids is 2. The normalized spacial score (nSPS) is 14.7. The van der Waals surface area contributed by atoms with Crippen LogP contribution in [0, 0.1) is 11.3 Å². The molecule has 0 saturated heterocycles. The van der Waals surface area contributed by atoms with Crippen LogP contribution in [0.2, 0.25) is 0 Å². The highest BCUT2D eigenvalue weighted by Gasteiger charge is 2.30. The van der Waals surface area contributed by atoms with Gasteiger partial charge in [0.2, 0.25) is 11.8 Å². The Morgan fingerprint density at radius 2 is 1.45 bits per heavy atom. The van der Waals surface area contributed by atoms with Crippen LogP contribution in [0.4, 0.5) is 11.4 Å². The Morgan fingerprint density at radius 3 is 2.02 bits per heavy atom. The summed E-state index contributed by atoms with van der Waals surface area (Å²) >= 11 is 1.18. The second-order valence-corrected chi connectivity index (χ2v) is 10.2. The molecule has 198 valence electrons. The number of allylic oxidation sites excluding steroid dienone is 1. The van der Waals surface area contributed by atoms with Crippen molar-refractivity contribution in [2.45, 2.75) is 18.9 Å². The van der Waals surface area contributed by atoms with E-state index in [0.29, 0.717) is 23.0 Å². The quantitative estimate of drug-likeness (QED) is 0.253. The largest absolute Gasteiger partial charge is 0.489 e. The molecule has 4 aromatic carbocycles. The van der Waals surface area contributed by atoms with Crippen LogP contribution in [0.25, 0.3) is 0 Å². The summed E-state index contributed by atoms with van der Waals surface area (Å²) in [4.78, 5) is 27.8. The molecule has 7 heteroatoms. The van der Waals surface area contributed by atoms with Crippen molar-refractivity contribution in [2.75, 3.05) is 10.7 Å². The molecule has 1 N–H and O–H groups in total. The van der Waals surface area contributed by atoms with E-state index in [0.717, 1.165) is 22.5 Å². The predicted molar refractivity (Wildman–Crippen MR) is 158 cm³/mol. The third kappa shape index (κ3) is 6.42. The van der Waals surface area contributed by atoms with E-state index >= 15 is 0 Å². The van der Waals surface area contributed by atoms with E-state index in [9.17, 15) is 14.9 Å². The van der Waals surface area contributed by atoms with Crippen molar-refractivity contribution >= 4 is 35.0 Å². The fourth-order valence-electron chi connectivity index (χ4n) is 4.54. The van der Waals surface area contributed by atoms with E-state index in [1.165, 1.54) is 11.8 Å². The highest BCUT2D eigenvalue weighted by molar-refractivity contribution is 8.03. The van der Waals surface area contributed by atoms with Gasteiger partial charge in [-0.1, -0.05) is 90.6 Å². The van der Waals surface area contributed by atoms with Crippen LogP contribution in [0.1, 0.15) is 23.5 Å². The minimum atomic E-state index is -0.404. The van der Waals surface area contributed by atoms with E-state index in [1.807, 2.05) is 115 Å². The molecule has 1 heterocycles. The molecule has 5 rings (SSSR count). The third-order valence-electron chi connectivity index (χ3n) is 6.50. The molecule has 1 aliphatic rings. The zero-order valence-corrected chi connectivity index (χ0v) is 22.5. The average Bonchev–Trinajstić information content (AvgIpc) is 3.01. The lowest BCUT2D eigenvalue weighted by molar-refractivity contribution is -0.121. The summed E-state index contributed by atoms with van der Waals surface area (Å²) in [5.41, 5.74) is 3.85. The van der Waals surface area contributed by atoms with E-state index in [2.05, 4.69) is 11.4 Å². The number of thioether (sulfide) groups is 1. The average molecular weight is 546 g/mol. The Morgan fingerprint density at radius 1 is 0.875 bits per heavy atom. The maximum atomic E-state index is 13.5. The standard InChI is InChI=1S/C33H27N3O3S/c34-21-30-29(25-16-18-28(19-17-25)39-22-24-10-4-1-5-11-24)20-31(37)35-33(30)40-23-32(38)36(26-12-6-2-7-13-26)27-14-8-3-9-15-27/h1-19,29H,20,22-23H2,(H,35,37)/t29-/m1/s1. The van der Waals surface area contributed by atoms with Crippen molar-refractivity contribution < 1.29 is 14.3 Å². The molecule has 0 aromatic heterocycles. The number of amides is 2. The monoisotopic (exact) mass is 545 g/mol. The van der Waals surface area contributed by atoms with Crippen molar-refractivity contribution in [3.63, 3.8) is 0 Å². The van der Waals surface area contributed by atoms with Gasteiger partial charge in [0.25, 0.3) is 0 Å². The van der Waals surface area contributed by atoms with Gasteiger partial charge in [-0.3, -0.25) is 14.5 Å². The highest BCUT2D eigenvalue weighted by Crippen LogP contribution is 2.37. The second-order valence-electron chi connectivity index (χ2n) is 9.19. The zero-order valence-electron chi connectivity index (χ0n) is 21.7. The topological polar surface area (TPSA) is 82.4 Å². The van der Waals surface area contributed by atoms with Gasteiger partial charge >= 0.3 is 0 Å². The first-order valence-corrected chi connectivity index (χ1v) is 13.9. The van der Waals surface area contributed by atoms with Gasteiger partial charge in [-0.05, 0) is 47.5 Å². The van der Waals surface area contributed by atoms with Gasteiger partial charge in [-0.25, -0.2) is 0 Å². The number of ether oxygens (including phenoxy) is 1. The van der Waals surface area contributed by atoms with Crippen LogP contribution in [0.15, 0.2) is 126 Å². The fourth-order valence-corrected chi connectivity index (χ4v) is 5.47. The van der Waals surface area contributed by atoms with Gasteiger partial charge in [0.05, 0.1) is 22.4 Å². The number of benzene rings is 4. The van der Waals surface area contributed by atoms with E-state index in [4.69, 9.17) is 4.74 Å². The van der Waals surface area contributed by atoms with Crippen molar-refractivity contribution in [1.82, 2.24) is 5.32 Å². The molecule has 0 radical (unpaired) electrons. The lowest BCUT2D eigenvalue weighted by Gasteiger charge is -2.26. The molecule has 0 bridgehead atoms. The summed E-state index contributed by atoms with van der Waals surface area (Å²) in [6, 6.07) is 38.5. The van der Waals surface area contributed by atoms with Crippen LogP contribution in [-0.4, -0.2) is 17.6 Å². The number of rotatable bonds is 9. The van der Waals surface area contributed by atoms with Crippen molar-refractivity contribution in [1.29, 1.82) is 5.26 Å². The summed E-state index contributed by atoms with van der Waals surface area (Å²) in [7, 11) is 0. The number of anilines is 2. The molecular weight excluding hydrogens is 518 g/mol. The molecule has 0 spiro atoms. The smallest absolute Gasteiger partial charge is 0.241 e. The second kappa shape index (κ2) is 12.8. The number of hydrogen-bond acceptors (Lipinski definition) is 5. The number of hydrogen-bond donors (Lipinski definition) is 1. The van der Waals surface area contributed by atoms with Gasteiger partial charge in [0.15, 0.2) is 0 Å². The SMILES string of the molecule is N#CC1=C(SCC(=O)N(c2ccccc2)c2ccccc2)NC(=O)C[C@@H]1c1ccc(OCc2ccccc2)cc1. The van der Waals surface area contributed by atoms with Crippen LogP contribution >= 0.6 is 11.8 Å². The molecule has 0 saturated carbocycles. The summed E-state index contributed by atoms with van der Waals surface area (Å²) in [5, 5.41) is 13.3. The fraction of sp³-hybridized carbons (Fsp3) is 0.121. The highest BCUT2D eigenvalue weighted by atomic mass is 32.2. The van der Waals surface area contributed by atoms with Gasteiger partial charge in [-0.2, -0.15) is 5.26 Å². The minimum Gasteiger partial charge on any atom is -0.489 e. The predicted octanol–water partition coefficient (Wildman–Crippen LogP) is 6.70. The first kappa shape index (κ1) is 26.8. The van der Waals surface area contributed by atoms with E-state index < -0.39 is 5.92 Å². The Hall–Kier alpha value is -4.80. The number of para-hydroxylation sites is 2. The molecule has 1 aliphatic heterocycles. The summed E-state index contributed by atoms with van der Waals surface area (Å²) in [6.45, 7) is 0.452. The lowest BCUT2D eigenvalue weighted by atomic mass is 9.87. The van der Waals surface area contributed by atoms with Gasteiger partial charge in [0.1, 0.15) is 12.4 Å². The molecule has 1 atom stereocenters. The van der Waals surface area contributed by atoms with Gasteiger partial charge < -0.3 is 10.1 Å². The third-order valence-corrected chi connectivity index (χ3v) is 7.51. The molecule has 2 amide bonds. The first-order chi connectivity index (χ1) is 19.6. The van der Waals surface area contributed by atoms with Crippen LogP contribution in [-0.2, 0) is 16.2 Å². The molecule has 40 heavy (non-hydrogen) atoms. The zero-order chi connectivity index (χ0) is 27.7. The van der Waals surface area contributed by atoms with Gasteiger partial charge in [0, 0.05) is 23.7 Å². The number of carbonyl (C=O) groups is 2. The molecule has 0 unspecified atom stereocenters. The van der Waals surface area contributed by atoms with Crippen LogP contribution in [0.5, 0.6) is 5.75 Å². The van der Waals surface area contributed by atoms with E-state index in [-0.39, 0.29) is 24.0 Å². The molecule has 0 fully saturated rings. The Kier molecular flexibility index (Phi) is 8.60. The minimum absolute atomic E-state index is 0.0452. The molecular formula is C33H27N3O3S. The van der Waals surface area contributed by atoms with E-state index in [1.54, 1.807) is 4.90 Å².